The molecule has 1 heterocycles. The predicted molar refractivity (Wildman–Crippen MR) is 85.7 cm³/mol. The summed E-state index contributed by atoms with van der Waals surface area (Å²) in [6.07, 6.45) is -0.117. The van der Waals surface area contributed by atoms with Crippen LogP contribution in [0.3, 0.4) is 0 Å². The van der Waals surface area contributed by atoms with Crippen molar-refractivity contribution in [1.29, 1.82) is 5.26 Å². The lowest BCUT2D eigenvalue weighted by Crippen LogP contribution is -2.24. The van der Waals surface area contributed by atoms with Gasteiger partial charge in [-0.15, -0.1) is 0 Å². The molecule has 0 N–H and O–H groups in total. The normalized spacial score (nSPS) is 11.7. The molecule has 0 aliphatic carbocycles. The summed E-state index contributed by atoms with van der Waals surface area (Å²) in [5, 5.41) is 9.50. The van der Waals surface area contributed by atoms with Crippen molar-refractivity contribution in [1.82, 2.24) is 4.37 Å². The minimum absolute atomic E-state index is 0.00530. The zero-order valence-corrected chi connectivity index (χ0v) is 13.9. The van der Waals surface area contributed by atoms with E-state index in [0.717, 1.165) is 11.5 Å². The highest BCUT2D eigenvalue weighted by Crippen LogP contribution is 2.31. The summed E-state index contributed by atoms with van der Waals surface area (Å²) >= 11 is 18.3. The minimum Gasteiger partial charge on any atom is -0.297 e. The van der Waals surface area contributed by atoms with Crippen LogP contribution >= 0.6 is 46.3 Å². The van der Waals surface area contributed by atoms with E-state index in [2.05, 4.69) is 4.37 Å². The fraction of sp³-hybridized carbons (Fsp3) is 0.143. The molecule has 0 aliphatic rings. The van der Waals surface area contributed by atoms with Gasteiger partial charge in [-0.2, -0.15) is 9.64 Å². The number of rotatable bonds is 5. The molecule has 0 bridgehead atoms. The number of nitriles is 1. The third kappa shape index (κ3) is 3.47. The second-order valence-electron chi connectivity index (χ2n) is 4.28. The Morgan fingerprint density at radius 2 is 1.95 bits per heavy atom. The van der Waals surface area contributed by atoms with E-state index >= 15 is 0 Å². The lowest BCUT2D eigenvalue weighted by molar-refractivity contribution is -0.119. The van der Waals surface area contributed by atoms with Gasteiger partial charge in [-0.3, -0.25) is 9.59 Å². The van der Waals surface area contributed by atoms with Gasteiger partial charge in [0.15, 0.2) is 16.9 Å². The van der Waals surface area contributed by atoms with Crippen LogP contribution in [0.5, 0.6) is 0 Å². The average molecular weight is 374 g/mol. The number of carbonyl (C=O) groups is 2. The molecule has 0 aliphatic heterocycles. The highest BCUT2D eigenvalue weighted by molar-refractivity contribution is 7.09. The Bertz CT molecular complexity index is 783. The van der Waals surface area contributed by atoms with E-state index in [1.807, 2.05) is 0 Å². The molecule has 0 saturated heterocycles. The number of halogens is 3. The smallest absolute Gasteiger partial charge is 0.200 e. The van der Waals surface area contributed by atoms with Crippen LogP contribution in [0.25, 0.3) is 0 Å². The topological polar surface area (TPSA) is 70.8 Å². The summed E-state index contributed by atoms with van der Waals surface area (Å²) in [6, 6.07) is 8.45. The molecule has 2 aromatic rings. The first-order chi connectivity index (χ1) is 10.5. The zero-order chi connectivity index (χ0) is 16.3. The number of nitrogens with zero attached hydrogens (tertiary/aromatic N) is 2. The molecule has 0 radical (unpaired) electrons. The van der Waals surface area contributed by atoms with Gasteiger partial charge in [0.2, 0.25) is 5.78 Å². The molecular formula is C14H7Cl3N2O2S. The van der Waals surface area contributed by atoms with Gasteiger partial charge in [0.25, 0.3) is 0 Å². The summed E-state index contributed by atoms with van der Waals surface area (Å²) in [5.74, 6) is -2.72. The van der Waals surface area contributed by atoms with Crippen LogP contribution in [0, 0.1) is 17.2 Å². The molecule has 0 spiro atoms. The van der Waals surface area contributed by atoms with Crippen LogP contribution in [-0.2, 0) is 11.2 Å². The fourth-order valence-corrected chi connectivity index (χ4v) is 3.15. The van der Waals surface area contributed by atoms with E-state index in [-0.39, 0.29) is 21.5 Å². The summed E-state index contributed by atoms with van der Waals surface area (Å²) in [4.78, 5) is 24.5. The zero-order valence-electron chi connectivity index (χ0n) is 10.8. The van der Waals surface area contributed by atoms with E-state index in [0.29, 0.717) is 10.6 Å². The molecule has 1 unspecified atom stereocenters. The number of Topliss-reactive ketones (excluding diaryl/α,β-unsaturated/α-hetero) is 2. The molecule has 8 heteroatoms. The number of ketones is 2. The molecule has 4 nitrogen and oxygen atoms in total. The third-order valence-electron chi connectivity index (χ3n) is 2.86. The van der Waals surface area contributed by atoms with Gasteiger partial charge < -0.3 is 0 Å². The summed E-state index contributed by atoms with van der Waals surface area (Å²) < 4.78 is 3.72. The Hall–Kier alpha value is -1.45. The van der Waals surface area contributed by atoms with Crippen molar-refractivity contribution >= 4 is 57.9 Å². The van der Waals surface area contributed by atoms with Gasteiger partial charge in [-0.25, -0.2) is 0 Å². The molecular weight excluding hydrogens is 367 g/mol. The van der Waals surface area contributed by atoms with Gasteiger partial charge in [-0.1, -0.05) is 53.0 Å². The molecule has 112 valence electrons. The SMILES string of the molecule is N#CC(C(=O)Cc1ccccc1Cl)C(=O)c1snc(Cl)c1Cl. The number of hydrogen-bond acceptors (Lipinski definition) is 5. The first-order valence-electron chi connectivity index (χ1n) is 5.96. The van der Waals surface area contributed by atoms with Gasteiger partial charge >= 0.3 is 0 Å². The monoisotopic (exact) mass is 372 g/mol. The van der Waals surface area contributed by atoms with Crippen molar-refractivity contribution in [3.05, 3.63) is 49.9 Å². The Kier molecular flexibility index (Phi) is 5.54. The lowest BCUT2D eigenvalue weighted by atomic mass is 9.94. The maximum Gasteiger partial charge on any atom is 0.200 e. The third-order valence-corrected chi connectivity index (χ3v) is 5.04. The molecule has 0 saturated carbocycles. The van der Waals surface area contributed by atoms with E-state index in [4.69, 9.17) is 40.1 Å². The van der Waals surface area contributed by atoms with Crippen LogP contribution in [0.2, 0.25) is 15.2 Å². The Balaban J connectivity index is 2.23. The first kappa shape index (κ1) is 16.9. The first-order valence-corrected chi connectivity index (χ1v) is 7.87. The Labute approximate surface area is 145 Å². The summed E-state index contributed by atoms with van der Waals surface area (Å²) in [7, 11) is 0. The highest BCUT2D eigenvalue weighted by Gasteiger charge is 2.31. The number of benzene rings is 1. The van der Waals surface area contributed by atoms with Crippen LogP contribution in [0.15, 0.2) is 24.3 Å². The second-order valence-corrected chi connectivity index (χ2v) is 6.19. The van der Waals surface area contributed by atoms with Gasteiger partial charge in [0.1, 0.15) is 9.90 Å². The molecule has 0 amide bonds. The van der Waals surface area contributed by atoms with Crippen molar-refractivity contribution in [3.63, 3.8) is 0 Å². The molecule has 22 heavy (non-hydrogen) atoms. The van der Waals surface area contributed by atoms with Crippen molar-refractivity contribution < 1.29 is 9.59 Å². The van der Waals surface area contributed by atoms with Gasteiger partial charge in [0, 0.05) is 11.4 Å². The molecule has 2 rings (SSSR count). The molecule has 1 atom stereocenters. The molecule has 0 fully saturated rings. The van der Waals surface area contributed by atoms with Gasteiger partial charge in [0.05, 0.1) is 6.07 Å². The maximum absolute atomic E-state index is 12.3. The second kappa shape index (κ2) is 7.21. The van der Waals surface area contributed by atoms with Crippen LogP contribution in [-0.4, -0.2) is 15.9 Å². The van der Waals surface area contributed by atoms with Gasteiger partial charge in [-0.05, 0) is 23.2 Å². The predicted octanol–water partition coefficient (Wildman–Crippen LogP) is 4.24. The quantitative estimate of drug-likeness (QED) is 0.580. The number of carbonyl (C=O) groups excluding carboxylic acids is 2. The number of aromatic nitrogens is 1. The maximum atomic E-state index is 12.3. The molecule has 1 aromatic heterocycles. The summed E-state index contributed by atoms with van der Waals surface area (Å²) in [6.45, 7) is 0. The minimum atomic E-state index is -1.47. The average Bonchev–Trinajstić information content (AvgIpc) is 2.82. The van der Waals surface area contributed by atoms with E-state index in [1.165, 1.54) is 0 Å². The van der Waals surface area contributed by atoms with Crippen LogP contribution < -0.4 is 0 Å². The Morgan fingerprint density at radius 3 is 2.50 bits per heavy atom. The highest BCUT2D eigenvalue weighted by atomic mass is 35.5. The van der Waals surface area contributed by atoms with E-state index in [1.54, 1.807) is 30.3 Å². The fourth-order valence-electron chi connectivity index (χ4n) is 1.75. The number of hydrogen-bond donors (Lipinski definition) is 0. The van der Waals surface area contributed by atoms with Crippen molar-refractivity contribution in [2.45, 2.75) is 6.42 Å². The Morgan fingerprint density at radius 1 is 1.27 bits per heavy atom. The van der Waals surface area contributed by atoms with Crippen molar-refractivity contribution in [2.75, 3.05) is 0 Å². The standard InChI is InChI=1S/C14H7Cl3N2O2S/c15-9-4-2-1-3-7(9)5-10(20)8(6-18)12(21)13-11(16)14(17)19-22-13/h1-4,8H,5H2. The lowest BCUT2D eigenvalue weighted by Gasteiger charge is -2.07. The van der Waals surface area contributed by atoms with Crippen LogP contribution in [0.1, 0.15) is 15.2 Å². The van der Waals surface area contributed by atoms with Crippen LogP contribution in [0.4, 0.5) is 0 Å². The largest absolute Gasteiger partial charge is 0.297 e. The summed E-state index contributed by atoms with van der Waals surface area (Å²) in [5.41, 5.74) is 0.552. The van der Waals surface area contributed by atoms with E-state index in [9.17, 15) is 9.59 Å². The van der Waals surface area contributed by atoms with Crippen molar-refractivity contribution in [2.24, 2.45) is 5.92 Å². The van der Waals surface area contributed by atoms with E-state index < -0.39 is 17.5 Å². The molecule has 1 aromatic carbocycles. The van der Waals surface area contributed by atoms with Crippen molar-refractivity contribution in [3.8, 4) is 6.07 Å².